The zero-order valence-corrected chi connectivity index (χ0v) is 19.5. The summed E-state index contributed by atoms with van der Waals surface area (Å²) in [5, 5.41) is 0. The number of esters is 2. The molecular weight excluding hydrogens is 400 g/mol. The van der Waals surface area contributed by atoms with Gasteiger partial charge in [0.05, 0.1) is 0 Å². The van der Waals surface area contributed by atoms with Gasteiger partial charge >= 0.3 is 11.9 Å². The molecule has 168 valence electrons. The summed E-state index contributed by atoms with van der Waals surface area (Å²) in [6.45, 7) is 14.7. The predicted molar refractivity (Wildman–Crippen MR) is 127 cm³/mol. The highest BCUT2D eigenvalue weighted by Gasteiger charge is 2.38. The number of ether oxygens (including phenoxy) is 2. The predicted octanol–water partition coefficient (Wildman–Crippen LogP) is 6.52. The van der Waals surface area contributed by atoms with E-state index >= 15 is 0 Å². The molecule has 0 amide bonds. The summed E-state index contributed by atoms with van der Waals surface area (Å²) in [7, 11) is 0. The molecule has 0 radical (unpaired) electrons. The van der Waals surface area contributed by atoms with Crippen molar-refractivity contribution in [1.29, 1.82) is 0 Å². The van der Waals surface area contributed by atoms with Gasteiger partial charge in [0.1, 0.15) is 11.5 Å². The fourth-order valence-corrected chi connectivity index (χ4v) is 4.70. The normalized spacial score (nSPS) is 15.0. The Balaban J connectivity index is 2.01. The molecule has 0 saturated heterocycles. The van der Waals surface area contributed by atoms with Crippen LogP contribution in [0.25, 0.3) is 0 Å². The third-order valence-electron chi connectivity index (χ3n) is 6.25. The first kappa shape index (κ1) is 23.5. The van der Waals surface area contributed by atoms with Gasteiger partial charge in [0.25, 0.3) is 0 Å². The quantitative estimate of drug-likeness (QED) is 0.296. The lowest BCUT2D eigenvalue weighted by molar-refractivity contribution is -0.130. The molecule has 1 fully saturated rings. The molecule has 0 atom stereocenters. The van der Waals surface area contributed by atoms with Crippen molar-refractivity contribution in [1.82, 2.24) is 0 Å². The van der Waals surface area contributed by atoms with Gasteiger partial charge in [0.15, 0.2) is 0 Å². The SMILES string of the molecule is C=C(C)C(=O)Oc1ccc(C2(c3ccc(OC(=O)C(=C)C)cc3C)CCCCC2)c(C)c1. The van der Waals surface area contributed by atoms with Gasteiger partial charge in [0.2, 0.25) is 0 Å². The summed E-state index contributed by atoms with van der Waals surface area (Å²) >= 11 is 0. The Morgan fingerprint density at radius 2 is 1.16 bits per heavy atom. The maximum absolute atomic E-state index is 11.9. The standard InChI is InChI=1S/C28H32O4/c1-18(2)26(29)31-22-10-12-24(20(5)16-22)28(14-8-7-9-15-28)25-13-11-23(17-21(25)6)32-27(30)19(3)4/h10-13,16-17H,1,3,7-9,14-15H2,2,4-6H3. The van der Waals surface area contributed by atoms with E-state index in [1.165, 1.54) is 17.5 Å². The molecule has 3 rings (SSSR count). The molecule has 2 aromatic carbocycles. The van der Waals surface area contributed by atoms with Crippen molar-refractivity contribution in [2.24, 2.45) is 0 Å². The Hall–Kier alpha value is -3.14. The first-order valence-corrected chi connectivity index (χ1v) is 11.1. The van der Waals surface area contributed by atoms with E-state index < -0.39 is 11.9 Å². The number of carbonyl (C=O) groups excluding carboxylic acids is 2. The third-order valence-corrected chi connectivity index (χ3v) is 6.25. The van der Waals surface area contributed by atoms with Gasteiger partial charge in [0, 0.05) is 16.6 Å². The van der Waals surface area contributed by atoms with Crippen LogP contribution in [0.2, 0.25) is 0 Å². The number of hydrogen-bond acceptors (Lipinski definition) is 4. The lowest BCUT2D eigenvalue weighted by atomic mass is 9.63. The minimum atomic E-state index is -0.416. The van der Waals surface area contributed by atoms with E-state index in [0.717, 1.165) is 36.8 Å². The summed E-state index contributed by atoms with van der Waals surface area (Å²) in [6, 6.07) is 11.8. The highest BCUT2D eigenvalue weighted by atomic mass is 16.5. The van der Waals surface area contributed by atoms with E-state index in [1.807, 2.05) is 24.3 Å². The topological polar surface area (TPSA) is 52.6 Å². The Morgan fingerprint density at radius 3 is 1.50 bits per heavy atom. The van der Waals surface area contributed by atoms with Gasteiger partial charge in [-0.2, -0.15) is 0 Å². The summed E-state index contributed by atoms with van der Waals surface area (Å²) < 4.78 is 10.9. The minimum absolute atomic E-state index is 0.125. The maximum Gasteiger partial charge on any atom is 0.338 e. The second-order valence-electron chi connectivity index (χ2n) is 8.94. The largest absolute Gasteiger partial charge is 0.423 e. The Labute approximate surface area is 190 Å². The summed E-state index contributed by atoms with van der Waals surface area (Å²) in [4.78, 5) is 23.9. The number of carbonyl (C=O) groups is 2. The van der Waals surface area contributed by atoms with Gasteiger partial charge in [-0.1, -0.05) is 44.6 Å². The second-order valence-corrected chi connectivity index (χ2v) is 8.94. The van der Waals surface area contributed by atoms with Crippen LogP contribution in [0.5, 0.6) is 11.5 Å². The zero-order chi connectivity index (χ0) is 23.5. The van der Waals surface area contributed by atoms with Gasteiger partial charge in [-0.25, -0.2) is 9.59 Å². The lowest BCUT2D eigenvalue weighted by Crippen LogP contribution is -2.32. The van der Waals surface area contributed by atoms with Crippen LogP contribution in [0.3, 0.4) is 0 Å². The molecule has 4 heteroatoms. The molecule has 1 aliphatic carbocycles. The van der Waals surface area contributed by atoms with E-state index in [9.17, 15) is 9.59 Å². The van der Waals surface area contributed by atoms with Crippen LogP contribution in [-0.2, 0) is 15.0 Å². The lowest BCUT2D eigenvalue weighted by Gasteiger charge is -2.40. The number of hydrogen-bond donors (Lipinski definition) is 0. The zero-order valence-electron chi connectivity index (χ0n) is 19.5. The average Bonchev–Trinajstić information content (AvgIpc) is 2.74. The molecule has 0 aliphatic heterocycles. The van der Waals surface area contributed by atoms with Gasteiger partial charge in [-0.05, 0) is 87.1 Å². The molecule has 2 aromatic rings. The molecule has 4 nitrogen and oxygen atoms in total. The van der Waals surface area contributed by atoms with Crippen LogP contribution >= 0.6 is 0 Å². The molecule has 0 bridgehead atoms. The Morgan fingerprint density at radius 1 is 0.750 bits per heavy atom. The van der Waals surface area contributed by atoms with Crippen LogP contribution in [-0.4, -0.2) is 11.9 Å². The molecule has 0 N–H and O–H groups in total. The first-order valence-electron chi connectivity index (χ1n) is 11.1. The number of aryl methyl sites for hydroxylation is 2. The van der Waals surface area contributed by atoms with E-state index in [1.54, 1.807) is 13.8 Å². The van der Waals surface area contributed by atoms with Crippen LogP contribution in [0.1, 0.15) is 68.2 Å². The summed E-state index contributed by atoms with van der Waals surface area (Å²) in [5.41, 5.74) is 5.31. The van der Waals surface area contributed by atoms with Crippen LogP contribution in [0, 0.1) is 13.8 Å². The van der Waals surface area contributed by atoms with Crippen LogP contribution in [0.4, 0.5) is 0 Å². The third kappa shape index (κ3) is 4.85. The van der Waals surface area contributed by atoms with Crippen molar-refractivity contribution < 1.29 is 19.1 Å². The fourth-order valence-electron chi connectivity index (χ4n) is 4.70. The molecule has 0 aromatic heterocycles. The fraction of sp³-hybridized carbons (Fsp3) is 0.357. The average molecular weight is 433 g/mol. The molecule has 0 unspecified atom stereocenters. The van der Waals surface area contributed by atoms with Crippen LogP contribution in [0.15, 0.2) is 60.7 Å². The maximum atomic E-state index is 11.9. The molecule has 1 aliphatic rings. The molecule has 0 heterocycles. The van der Waals surface area contributed by atoms with Crippen molar-refractivity contribution in [2.45, 2.75) is 65.2 Å². The first-order chi connectivity index (χ1) is 15.1. The van der Waals surface area contributed by atoms with Gasteiger partial charge in [-0.3, -0.25) is 0 Å². The molecule has 32 heavy (non-hydrogen) atoms. The van der Waals surface area contributed by atoms with E-state index in [4.69, 9.17) is 9.47 Å². The van der Waals surface area contributed by atoms with E-state index in [-0.39, 0.29) is 5.41 Å². The smallest absolute Gasteiger partial charge is 0.338 e. The van der Waals surface area contributed by atoms with E-state index in [2.05, 4.69) is 39.1 Å². The minimum Gasteiger partial charge on any atom is -0.423 e. The van der Waals surface area contributed by atoms with Crippen molar-refractivity contribution in [3.8, 4) is 11.5 Å². The molecule has 0 spiro atoms. The monoisotopic (exact) mass is 432 g/mol. The van der Waals surface area contributed by atoms with Gasteiger partial charge in [-0.15, -0.1) is 0 Å². The van der Waals surface area contributed by atoms with Crippen molar-refractivity contribution >= 4 is 11.9 Å². The Bertz CT molecular complexity index is 991. The van der Waals surface area contributed by atoms with Crippen molar-refractivity contribution in [3.63, 3.8) is 0 Å². The van der Waals surface area contributed by atoms with Crippen LogP contribution < -0.4 is 9.47 Å². The van der Waals surface area contributed by atoms with Gasteiger partial charge < -0.3 is 9.47 Å². The second kappa shape index (κ2) is 9.56. The van der Waals surface area contributed by atoms with Crippen molar-refractivity contribution in [3.05, 3.63) is 83.0 Å². The summed E-state index contributed by atoms with van der Waals surface area (Å²) in [6.07, 6.45) is 5.62. The summed E-state index contributed by atoms with van der Waals surface area (Å²) in [5.74, 6) is 0.230. The molecule has 1 saturated carbocycles. The van der Waals surface area contributed by atoms with E-state index in [0.29, 0.717) is 22.6 Å². The molecular formula is C28H32O4. The Kier molecular flexibility index (Phi) is 7.02. The number of benzene rings is 2. The van der Waals surface area contributed by atoms with Crippen molar-refractivity contribution in [2.75, 3.05) is 0 Å². The highest BCUT2D eigenvalue weighted by Crippen LogP contribution is 2.48. The highest BCUT2D eigenvalue weighted by molar-refractivity contribution is 5.89. The number of rotatable bonds is 6.